The quantitative estimate of drug-likeness (QED) is 0.905. The molecule has 1 unspecified atom stereocenters. The van der Waals surface area contributed by atoms with Crippen molar-refractivity contribution >= 4 is 17.5 Å². The predicted molar refractivity (Wildman–Crippen MR) is 85.8 cm³/mol. The molecule has 21 heavy (non-hydrogen) atoms. The molecule has 1 atom stereocenters. The van der Waals surface area contributed by atoms with Crippen LogP contribution in [-0.2, 0) is 0 Å². The Morgan fingerprint density at radius 2 is 2.14 bits per heavy atom. The number of halogens is 1. The Morgan fingerprint density at radius 3 is 2.76 bits per heavy atom. The van der Waals surface area contributed by atoms with Crippen LogP contribution in [0.1, 0.15) is 41.6 Å². The molecule has 3 rings (SSSR count). The van der Waals surface area contributed by atoms with Gasteiger partial charge in [-0.3, -0.25) is 4.79 Å². The Labute approximate surface area is 131 Å². The molecule has 0 radical (unpaired) electrons. The number of nitrogens with one attached hydrogen (secondary N) is 1. The van der Waals surface area contributed by atoms with Crippen LogP contribution in [0.4, 0.5) is 0 Å². The number of nitrogens with zero attached hydrogens (tertiary/aromatic N) is 1. The third-order valence-corrected chi connectivity index (χ3v) is 4.72. The first-order valence-corrected chi connectivity index (χ1v) is 8.30. The maximum Gasteiger partial charge on any atom is 0.254 e. The molecule has 1 saturated heterocycles. The summed E-state index contributed by atoms with van der Waals surface area (Å²) >= 11 is 6.00. The van der Waals surface area contributed by atoms with E-state index in [2.05, 4.69) is 10.2 Å². The molecular formula is C17H23ClN2O. The van der Waals surface area contributed by atoms with E-state index in [0.29, 0.717) is 17.0 Å². The second-order valence-electron chi connectivity index (χ2n) is 6.41. The van der Waals surface area contributed by atoms with Gasteiger partial charge >= 0.3 is 0 Å². The molecule has 2 fully saturated rings. The van der Waals surface area contributed by atoms with E-state index in [1.54, 1.807) is 0 Å². The Kier molecular flexibility index (Phi) is 4.51. The summed E-state index contributed by atoms with van der Waals surface area (Å²) in [5.74, 6) is 0.868. The number of aryl methyl sites for hydroxylation is 1. The van der Waals surface area contributed by atoms with E-state index in [-0.39, 0.29) is 5.91 Å². The molecule has 0 bridgehead atoms. The number of hydrogen-bond donors (Lipinski definition) is 1. The van der Waals surface area contributed by atoms with Crippen molar-refractivity contribution in [3.8, 4) is 0 Å². The molecule has 1 aliphatic heterocycles. The summed E-state index contributed by atoms with van der Waals surface area (Å²) in [6.07, 6.45) is 4.92. The third kappa shape index (κ3) is 3.78. The van der Waals surface area contributed by atoms with E-state index in [9.17, 15) is 4.79 Å². The highest BCUT2D eigenvalue weighted by atomic mass is 35.5. The predicted octanol–water partition coefficient (Wildman–Crippen LogP) is 3.25. The lowest BCUT2D eigenvalue weighted by Crippen LogP contribution is -2.42. The highest BCUT2D eigenvalue weighted by molar-refractivity contribution is 6.30. The van der Waals surface area contributed by atoms with Crippen LogP contribution >= 0.6 is 11.6 Å². The number of carbonyl (C=O) groups is 1. The zero-order valence-corrected chi connectivity index (χ0v) is 13.3. The van der Waals surface area contributed by atoms with Crippen molar-refractivity contribution in [2.75, 3.05) is 19.6 Å². The van der Waals surface area contributed by atoms with Gasteiger partial charge in [0.05, 0.1) is 0 Å². The third-order valence-electron chi connectivity index (χ3n) is 4.48. The molecule has 4 heteroatoms. The average Bonchev–Trinajstić information content (AvgIpc) is 3.11. The molecule has 0 aromatic heterocycles. The number of carbonyl (C=O) groups excluding carboxylic acids is 1. The normalized spacial score (nSPS) is 21.5. The summed E-state index contributed by atoms with van der Waals surface area (Å²) in [5.41, 5.74) is 1.76. The maximum absolute atomic E-state index is 12.9. The van der Waals surface area contributed by atoms with Gasteiger partial charge in [-0.2, -0.15) is 0 Å². The maximum atomic E-state index is 12.9. The average molecular weight is 307 g/mol. The van der Waals surface area contributed by atoms with E-state index in [4.69, 9.17) is 11.6 Å². The zero-order chi connectivity index (χ0) is 14.8. The SMILES string of the molecule is Cc1cc(Cl)ccc1C(=O)N(CC1CC1)CC1CCCN1. The van der Waals surface area contributed by atoms with Gasteiger partial charge in [-0.05, 0) is 68.8 Å². The van der Waals surface area contributed by atoms with Crippen molar-refractivity contribution in [3.63, 3.8) is 0 Å². The zero-order valence-electron chi connectivity index (χ0n) is 12.6. The second-order valence-corrected chi connectivity index (χ2v) is 6.84. The van der Waals surface area contributed by atoms with E-state index in [1.165, 1.54) is 25.7 Å². The van der Waals surface area contributed by atoms with Crippen molar-refractivity contribution in [2.45, 2.75) is 38.6 Å². The number of amides is 1. The molecule has 1 heterocycles. The minimum Gasteiger partial charge on any atom is -0.337 e. The van der Waals surface area contributed by atoms with Crippen molar-refractivity contribution in [1.82, 2.24) is 10.2 Å². The molecule has 114 valence electrons. The monoisotopic (exact) mass is 306 g/mol. The first-order valence-electron chi connectivity index (χ1n) is 7.92. The van der Waals surface area contributed by atoms with Crippen LogP contribution < -0.4 is 5.32 Å². The van der Waals surface area contributed by atoms with Gasteiger partial charge in [-0.25, -0.2) is 0 Å². The molecule has 1 aromatic rings. The topological polar surface area (TPSA) is 32.3 Å². The van der Waals surface area contributed by atoms with E-state index < -0.39 is 0 Å². The van der Waals surface area contributed by atoms with Gasteiger partial charge in [0, 0.05) is 29.7 Å². The highest BCUT2D eigenvalue weighted by Crippen LogP contribution is 2.30. The molecule has 1 amide bonds. The van der Waals surface area contributed by atoms with E-state index in [1.807, 2.05) is 25.1 Å². The largest absolute Gasteiger partial charge is 0.337 e. The fourth-order valence-corrected chi connectivity index (χ4v) is 3.30. The Hall–Kier alpha value is -1.06. The Morgan fingerprint density at radius 1 is 1.33 bits per heavy atom. The highest BCUT2D eigenvalue weighted by Gasteiger charge is 2.30. The second kappa shape index (κ2) is 6.37. The summed E-state index contributed by atoms with van der Waals surface area (Å²) in [7, 11) is 0. The summed E-state index contributed by atoms with van der Waals surface area (Å²) in [6.45, 7) is 4.77. The van der Waals surface area contributed by atoms with Gasteiger partial charge in [-0.1, -0.05) is 11.6 Å². The molecule has 1 aromatic carbocycles. The molecule has 1 aliphatic carbocycles. The van der Waals surface area contributed by atoms with E-state index >= 15 is 0 Å². The lowest BCUT2D eigenvalue weighted by atomic mass is 10.1. The molecule has 3 nitrogen and oxygen atoms in total. The first-order chi connectivity index (χ1) is 10.1. The first kappa shape index (κ1) is 14.9. The van der Waals surface area contributed by atoms with E-state index in [0.717, 1.165) is 30.8 Å². The Balaban J connectivity index is 1.75. The van der Waals surface area contributed by atoms with Gasteiger partial charge < -0.3 is 10.2 Å². The standard InChI is InChI=1S/C17H23ClN2O/c1-12-9-14(18)6-7-16(12)17(21)20(10-13-4-5-13)11-15-3-2-8-19-15/h6-7,9,13,15,19H,2-5,8,10-11H2,1H3. The summed E-state index contributed by atoms with van der Waals surface area (Å²) in [4.78, 5) is 14.9. The van der Waals surface area contributed by atoms with Crippen molar-refractivity contribution in [3.05, 3.63) is 34.3 Å². The molecule has 1 saturated carbocycles. The fraction of sp³-hybridized carbons (Fsp3) is 0.588. The summed E-state index contributed by atoms with van der Waals surface area (Å²) < 4.78 is 0. The van der Waals surface area contributed by atoms with Crippen molar-refractivity contribution < 1.29 is 4.79 Å². The molecule has 1 N–H and O–H groups in total. The van der Waals surface area contributed by atoms with Crippen molar-refractivity contribution in [2.24, 2.45) is 5.92 Å². The van der Waals surface area contributed by atoms with Gasteiger partial charge in [0.25, 0.3) is 5.91 Å². The minimum absolute atomic E-state index is 0.157. The van der Waals surface area contributed by atoms with Crippen LogP contribution in [0, 0.1) is 12.8 Å². The van der Waals surface area contributed by atoms with Crippen LogP contribution in [0.3, 0.4) is 0 Å². The van der Waals surface area contributed by atoms with Crippen LogP contribution in [0.5, 0.6) is 0 Å². The fourth-order valence-electron chi connectivity index (χ4n) is 3.07. The van der Waals surface area contributed by atoms with Gasteiger partial charge in [0.2, 0.25) is 0 Å². The summed E-state index contributed by atoms with van der Waals surface area (Å²) in [6, 6.07) is 6.01. The molecular weight excluding hydrogens is 284 g/mol. The molecule has 0 spiro atoms. The smallest absolute Gasteiger partial charge is 0.254 e. The van der Waals surface area contributed by atoms with Gasteiger partial charge in [0.1, 0.15) is 0 Å². The minimum atomic E-state index is 0.157. The lowest BCUT2D eigenvalue weighted by Gasteiger charge is -2.26. The molecule has 2 aliphatic rings. The lowest BCUT2D eigenvalue weighted by molar-refractivity contribution is 0.0733. The van der Waals surface area contributed by atoms with Crippen LogP contribution in [-0.4, -0.2) is 36.5 Å². The number of rotatable bonds is 5. The van der Waals surface area contributed by atoms with Gasteiger partial charge in [0.15, 0.2) is 0 Å². The van der Waals surface area contributed by atoms with Crippen molar-refractivity contribution in [1.29, 1.82) is 0 Å². The van der Waals surface area contributed by atoms with Crippen LogP contribution in [0.25, 0.3) is 0 Å². The number of benzene rings is 1. The van der Waals surface area contributed by atoms with Crippen LogP contribution in [0.2, 0.25) is 5.02 Å². The Bertz CT molecular complexity index is 522. The number of hydrogen-bond acceptors (Lipinski definition) is 2. The summed E-state index contributed by atoms with van der Waals surface area (Å²) in [5, 5.41) is 4.19. The van der Waals surface area contributed by atoms with Gasteiger partial charge in [-0.15, -0.1) is 0 Å². The van der Waals surface area contributed by atoms with Crippen LogP contribution in [0.15, 0.2) is 18.2 Å².